The van der Waals surface area contributed by atoms with E-state index in [-0.39, 0.29) is 11.9 Å². The fourth-order valence-corrected chi connectivity index (χ4v) is 4.22. The summed E-state index contributed by atoms with van der Waals surface area (Å²) in [6, 6.07) is 19.7. The standard InChI is InChI=1S/C26H23N3O4/c1-2-13-29-22-17-28(16-21-12-7-14-32-21)25(30)23(22)24(27-26(29)31)18-8-6-11-20(15-18)33-19-9-4-3-5-10-19/h2-12,14-15,24H,1,13,16-17H2,(H,27,31). The first kappa shape index (κ1) is 20.6. The van der Waals surface area contributed by atoms with Gasteiger partial charge in [-0.1, -0.05) is 36.4 Å². The molecule has 2 aliphatic rings. The van der Waals surface area contributed by atoms with Gasteiger partial charge in [-0.05, 0) is 42.0 Å². The van der Waals surface area contributed by atoms with Crippen molar-refractivity contribution in [2.75, 3.05) is 13.1 Å². The molecule has 1 unspecified atom stereocenters. The van der Waals surface area contributed by atoms with Gasteiger partial charge in [0, 0.05) is 6.54 Å². The summed E-state index contributed by atoms with van der Waals surface area (Å²) in [7, 11) is 0. The second-order valence-corrected chi connectivity index (χ2v) is 7.87. The Morgan fingerprint density at radius 2 is 1.88 bits per heavy atom. The van der Waals surface area contributed by atoms with E-state index in [2.05, 4.69) is 11.9 Å². The van der Waals surface area contributed by atoms with Crippen LogP contribution in [0.4, 0.5) is 4.79 Å². The normalized spacial score (nSPS) is 17.8. The summed E-state index contributed by atoms with van der Waals surface area (Å²) in [4.78, 5) is 29.7. The summed E-state index contributed by atoms with van der Waals surface area (Å²) in [5, 5.41) is 2.99. The lowest BCUT2D eigenvalue weighted by atomic mass is 9.95. The predicted molar refractivity (Wildman–Crippen MR) is 122 cm³/mol. The largest absolute Gasteiger partial charge is 0.467 e. The number of para-hydroxylation sites is 1. The van der Waals surface area contributed by atoms with Crippen LogP contribution < -0.4 is 10.1 Å². The molecule has 0 saturated heterocycles. The Labute approximate surface area is 191 Å². The van der Waals surface area contributed by atoms with E-state index in [1.54, 1.807) is 28.2 Å². The minimum atomic E-state index is -0.581. The van der Waals surface area contributed by atoms with Crippen molar-refractivity contribution in [1.29, 1.82) is 0 Å². The van der Waals surface area contributed by atoms with Crippen molar-refractivity contribution in [3.63, 3.8) is 0 Å². The van der Waals surface area contributed by atoms with Crippen LogP contribution in [0.2, 0.25) is 0 Å². The van der Waals surface area contributed by atoms with Crippen molar-refractivity contribution in [2.45, 2.75) is 12.6 Å². The van der Waals surface area contributed by atoms with E-state index < -0.39 is 6.04 Å². The zero-order valence-electron chi connectivity index (χ0n) is 17.9. The smallest absolute Gasteiger partial charge is 0.322 e. The van der Waals surface area contributed by atoms with Crippen molar-refractivity contribution >= 4 is 11.9 Å². The number of hydrogen-bond donors (Lipinski definition) is 1. The summed E-state index contributed by atoms with van der Waals surface area (Å²) in [6.07, 6.45) is 3.23. The van der Waals surface area contributed by atoms with Crippen LogP contribution >= 0.6 is 0 Å². The number of carbonyl (C=O) groups excluding carboxylic acids is 2. The molecule has 0 saturated carbocycles. The predicted octanol–water partition coefficient (Wildman–Crippen LogP) is 4.62. The average molecular weight is 441 g/mol. The molecule has 0 bridgehead atoms. The van der Waals surface area contributed by atoms with Gasteiger partial charge in [0.25, 0.3) is 5.91 Å². The van der Waals surface area contributed by atoms with Gasteiger partial charge >= 0.3 is 6.03 Å². The van der Waals surface area contributed by atoms with Gasteiger partial charge in [-0.25, -0.2) is 4.79 Å². The molecule has 0 aliphatic carbocycles. The van der Waals surface area contributed by atoms with Crippen LogP contribution in [0.15, 0.2) is 101 Å². The van der Waals surface area contributed by atoms with Gasteiger partial charge in [-0.15, -0.1) is 6.58 Å². The molecule has 3 aromatic rings. The van der Waals surface area contributed by atoms with Crippen molar-refractivity contribution in [2.24, 2.45) is 0 Å². The number of carbonyl (C=O) groups is 2. The highest BCUT2D eigenvalue weighted by Gasteiger charge is 2.43. The zero-order chi connectivity index (χ0) is 22.8. The highest BCUT2D eigenvalue weighted by molar-refractivity contribution is 6.01. The van der Waals surface area contributed by atoms with E-state index >= 15 is 0 Å². The number of ether oxygens (including phenoxy) is 1. The van der Waals surface area contributed by atoms with E-state index in [9.17, 15) is 9.59 Å². The van der Waals surface area contributed by atoms with Gasteiger partial charge in [0.1, 0.15) is 17.3 Å². The lowest BCUT2D eigenvalue weighted by molar-refractivity contribution is -0.126. The molecule has 2 aromatic carbocycles. The molecule has 7 nitrogen and oxygen atoms in total. The maximum absolute atomic E-state index is 13.5. The third kappa shape index (κ3) is 4.01. The Hall–Kier alpha value is -4.26. The Kier molecular flexibility index (Phi) is 5.44. The van der Waals surface area contributed by atoms with Gasteiger partial charge in [-0.3, -0.25) is 9.69 Å². The monoisotopic (exact) mass is 441 g/mol. The summed E-state index contributed by atoms with van der Waals surface area (Å²) in [5.74, 6) is 1.89. The average Bonchev–Trinajstić information content (AvgIpc) is 3.45. The van der Waals surface area contributed by atoms with E-state index in [0.717, 1.165) is 5.56 Å². The van der Waals surface area contributed by atoms with Crippen molar-refractivity contribution in [3.05, 3.63) is 108 Å². The molecule has 0 spiro atoms. The molecule has 1 atom stereocenters. The molecule has 33 heavy (non-hydrogen) atoms. The summed E-state index contributed by atoms with van der Waals surface area (Å²) >= 11 is 0. The third-order valence-corrected chi connectivity index (χ3v) is 5.71. The minimum absolute atomic E-state index is 0.130. The second-order valence-electron chi connectivity index (χ2n) is 7.87. The highest BCUT2D eigenvalue weighted by atomic mass is 16.5. The molecule has 0 fully saturated rings. The fraction of sp³-hybridized carbons (Fsp3) is 0.154. The van der Waals surface area contributed by atoms with E-state index in [0.29, 0.717) is 48.2 Å². The summed E-state index contributed by atoms with van der Waals surface area (Å²) in [5.41, 5.74) is 2.02. The number of urea groups is 1. The summed E-state index contributed by atoms with van der Waals surface area (Å²) in [6.45, 7) is 4.73. The van der Waals surface area contributed by atoms with Crippen LogP contribution in [0.3, 0.4) is 0 Å². The Balaban J connectivity index is 1.48. The van der Waals surface area contributed by atoms with Crippen LogP contribution in [0, 0.1) is 0 Å². The minimum Gasteiger partial charge on any atom is -0.467 e. The first-order valence-corrected chi connectivity index (χ1v) is 10.7. The van der Waals surface area contributed by atoms with E-state index in [1.807, 2.05) is 60.7 Å². The van der Waals surface area contributed by atoms with Gasteiger partial charge < -0.3 is 19.4 Å². The molecule has 2 aliphatic heterocycles. The SMILES string of the molecule is C=CCN1C(=O)NC(c2cccc(Oc3ccccc3)c2)C2=C1CN(Cc1ccco1)C2=O. The van der Waals surface area contributed by atoms with E-state index in [1.165, 1.54) is 0 Å². The lowest BCUT2D eigenvalue weighted by Gasteiger charge is -2.33. The number of nitrogens with zero attached hydrogens (tertiary/aromatic N) is 2. The molecular formula is C26H23N3O4. The molecule has 1 aromatic heterocycles. The van der Waals surface area contributed by atoms with E-state index in [4.69, 9.17) is 9.15 Å². The molecular weight excluding hydrogens is 418 g/mol. The number of amides is 3. The maximum atomic E-state index is 13.5. The molecule has 7 heteroatoms. The van der Waals surface area contributed by atoms with Crippen molar-refractivity contribution in [3.8, 4) is 11.5 Å². The fourth-order valence-electron chi connectivity index (χ4n) is 4.22. The number of benzene rings is 2. The quantitative estimate of drug-likeness (QED) is 0.543. The van der Waals surface area contributed by atoms with Crippen molar-refractivity contribution in [1.82, 2.24) is 15.1 Å². The van der Waals surface area contributed by atoms with Crippen molar-refractivity contribution < 1.29 is 18.7 Å². The molecule has 3 amide bonds. The van der Waals surface area contributed by atoms with Gasteiger partial charge in [0.15, 0.2) is 0 Å². The Morgan fingerprint density at radius 3 is 2.64 bits per heavy atom. The lowest BCUT2D eigenvalue weighted by Crippen LogP contribution is -2.47. The number of furan rings is 1. The third-order valence-electron chi connectivity index (χ3n) is 5.71. The number of rotatable bonds is 7. The highest BCUT2D eigenvalue weighted by Crippen LogP contribution is 2.38. The van der Waals surface area contributed by atoms with Gasteiger partial charge in [0.2, 0.25) is 0 Å². The Morgan fingerprint density at radius 1 is 1.06 bits per heavy atom. The number of hydrogen-bond acceptors (Lipinski definition) is 4. The first-order chi connectivity index (χ1) is 16.1. The maximum Gasteiger partial charge on any atom is 0.322 e. The van der Waals surface area contributed by atoms with Crippen LogP contribution in [-0.4, -0.2) is 34.8 Å². The van der Waals surface area contributed by atoms with Crippen LogP contribution in [0.25, 0.3) is 0 Å². The number of nitrogens with one attached hydrogen (secondary N) is 1. The van der Waals surface area contributed by atoms with Gasteiger partial charge in [0.05, 0.1) is 36.7 Å². The molecule has 1 N–H and O–H groups in total. The Bertz CT molecular complexity index is 1220. The second kappa shape index (κ2) is 8.70. The summed E-state index contributed by atoms with van der Waals surface area (Å²) < 4.78 is 11.4. The van der Waals surface area contributed by atoms with Crippen LogP contribution in [-0.2, 0) is 11.3 Å². The topological polar surface area (TPSA) is 75.0 Å². The molecule has 3 heterocycles. The molecule has 5 rings (SSSR count). The molecule has 0 radical (unpaired) electrons. The molecule has 166 valence electrons. The van der Waals surface area contributed by atoms with Crippen LogP contribution in [0.5, 0.6) is 11.5 Å². The first-order valence-electron chi connectivity index (χ1n) is 10.7. The van der Waals surface area contributed by atoms with Crippen LogP contribution in [0.1, 0.15) is 17.4 Å². The van der Waals surface area contributed by atoms with Gasteiger partial charge in [-0.2, -0.15) is 0 Å². The zero-order valence-corrected chi connectivity index (χ0v) is 17.9.